The number of nitrogens with zero attached hydrogens (tertiary/aromatic N) is 3. The van der Waals surface area contributed by atoms with E-state index in [4.69, 9.17) is 14.0 Å². The van der Waals surface area contributed by atoms with Crippen LogP contribution in [0, 0.1) is 17.7 Å². The van der Waals surface area contributed by atoms with Crippen molar-refractivity contribution >= 4 is 38.6 Å². The van der Waals surface area contributed by atoms with E-state index < -0.39 is 11.8 Å². The van der Waals surface area contributed by atoms with E-state index >= 15 is 0 Å². The van der Waals surface area contributed by atoms with Crippen molar-refractivity contribution in [2.75, 3.05) is 18.6 Å². The van der Waals surface area contributed by atoms with Crippen LogP contribution in [0.5, 0.6) is 0 Å². The molecule has 5 aliphatic carbocycles. The number of ether oxygens (including phenoxy) is 2. The Morgan fingerprint density at radius 2 is 1.88 bits per heavy atom. The van der Waals surface area contributed by atoms with Crippen LogP contribution in [-0.4, -0.2) is 47.9 Å². The van der Waals surface area contributed by atoms with E-state index in [1.54, 1.807) is 6.07 Å². The molecule has 3 atom stereocenters. The number of fused-ring (bicyclic) bond motifs is 6. The monoisotopic (exact) mass is 565 g/mol. The number of carbonyl (C=O) groups excluding carboxylic acids is 2. The summed E-state index contributed by atoms with van der Waals surface area (Å²) in [7, 11) is 1.28. The quantitative estimate of drug-likeness (QED) is 0.329. The van der Waals surface area contributed by atoms with Gasteiger partial charge in [-0.15, -0.1) is 0 Å². The van der Waals surface area contributed by atoms with Gasteiger partial charge in [0, 0.05) is 36.3 Å². The number of aromatic nitrogens is 2. The number of anilines is 1. The fourth-order valence-electron chi connectivity index (χ4n) is 7.91. The van der Waals surface area contributed by atoms with Crippen molar-refractivity contribution in [1.82, 2.24) is 10.1 Å². The number of piperidine rings is 1. The Balaban J connectivity index is 1.01. The molecular formula is C30H32FN3O5S. The molecule has 5 saturated carbocycles. The van der Waals surface area contributed by atoms with Gasteiger partial charge in [0.1, 0.15) is 22.9 Å². The summed E-state index contributed by atoms with van der Waals surface area (Å²) >= 11 is 1.38. The molecule has 0 amide bonds. The van der Waals surface area contributed by atoms with Crippen LogP contribution in [-0.2, 0) is 14.9 Å². The fraction of sp³-hybridized carbons (Fsp3) is 0.600. The molecule has 1 aromatic carbocycles. The van der Waals surface area contributed by atoms with Gasteiger partial charge in [0.05, 0.1) is 17.4 Å². The number of esters is 2. The van der Waals surface area contributed by atoms with E-state index in [1.807, 2.05) is 0 Å². The van der Waals surface area contributed by atoms with Crippen LogP contribution in [0.2, 0.25) is 0 Å². The lowest BCUT2D eigenvalue weighted by molar-refractivity contribution is 0.0184. The lowest BCUT2D eigenvalue weighted by Gasteiger charge is -2.45. The predicted octanol–water partition coefficient (Wildman–Crippen LogP) is 6.13. The summed E-state index contributed by atoms with van der Waals surface area (Å²) in [6.45, 7) is 0.700. The van der Waals surface area contributed by atoms with Crippen LogP contribution in [0.15, 0.2) is 16.7 Å². The molecule has 40 heavy (non-hydrogen) atoms. The maximum Gasteiger partial charge on any atom is 0.344 e. The Kier molecular flexibility index (Phi) is 5.57. The van der Waals surface area contributed by atoms with E-state index in [1.165, 1.54) is 43.8 Å². The molecule has 10 heteroatoms. The fourth-order valence-corrected chi connectivity index (χ4v) is 9.01. The molecule has 4 bridgehead atoms. The molecule has 1 saturated heterocycles. The molecule has 2 aromatic heterocycles. The smallest absolute Gasteiger partial charge is 0.344 e. The first-order valence-electron chi connectivity index (χ1n) is 14.6. The highest BCUT2D eigenvalue weighted by Crippen LogP contribution is 2.54. The van der Waals surface area contributed by atoms with Gasteiger partial charge in [-0.1, -0.05) is 16.5 Å². The van der Waals surface area contributed by atoms with Gasteiger partial charge in [-0.25, -0.2) is 19.0 Å². The van der Waals surface area contributed by atoms with Crippen molar-refractivity contribution in [2.45, 2.75) is 87.7 Å². The topological polar surface area (TPSA) is 94.8 Å². The summed E-state index contributed by atoms with van der Waals surface area (Å²) in [5.74, 6) is 0.681. The number of carbonyl (C=O) groups is 2. The summed E-state index contributed by atoms with van der Waals surface area (Å²) in [6, 6.07) is 2.98. The van der Waals surface area contributed by atoms with E-state index in [0.29, 0.717) is 23.2 Å². The highest BCUT2D eigenvalue weighted by atomic mass is 32.1. The highest BCUT2D eigenvalue weighted by Gasteiger charge is 2.51. The number of rotatable bonds is 6. The third-order valence-electron chi connectivity index (χ3n) is 10.3. The molecule has 9 rings (SSSR count). The number of halogens is 1. The second kappa shape index (κ2) is 8.99. The zero-order valence-corrected chi connectivity index (χ0v) is 23.3. The zero-order valence-electron chi connectivity index (χ0n) is 22.5. The molecule has 1 aliphatic heterocycles. The van der Waals surface area contributed by atoms with E-state index in [0.717, 1.165) is 61.0 Å². The average Bonchev–Trinajstić information content (AvgIpc) is 3.32. The van der Waals surface area contributed by atoms with E-state index in [2.05, 4.69) is 15.0 Å². The summed E-state index contributed by atoms with van der Waals surface area (Å²) in [5.41, 5.74) is 1.90. The third-order valence-corrected chi connectivity index (χ3v) is 11.3. The van der Waals surface area contributed by atoms with Gasteiger partial charge in [-0.3, -0.25) is 0 Å². The first-order chi connectivity index (χ1) is 19.4. The molecule has 0 unspecified atom stereocenters. The van der Waals surface area contributed by atoms with E-state index in [9.17, 15) is 14.0 Å². The van der Waals surface area contributed by atoms with Gasteiger partial charge in [0.2, 0.25) is 0 Å². The molecule has 6 aliphatic rings. The van der Waals surface area contributed by atoms with Crippen LogP contribution in [0.25, 0.3) is 10.2 Å². The van der Waals surface area contributed by atoms with Crippen molar-refractivity contribution in [3.05, 3.63) is 40.5 Å². The standard InChI is InChI=1S/C30H32FN3O5S/c1-37-27(35)17-11-20(31)24-22(12-17)40-29(32-24)34-14-18-10-19(34)13-21(18)38-28(36)23-25(16-2-3-16)39-33-26(23)30-7-4-15(5-8-30)6-9-30/h11-12,15-16,18-19,21H,2-10,13-14H2,1H3/t15?,18-,19-,21+,30?/m0/s1. The van der Waals surface area contributed by atoms with Gasteiger partial charge >= 0.3 is 11.9 Å². The van der Waals surface area contributed by atoms with Gasteiger partial charge in [-0.2, -0.15) is 0 Å². The first-order valence-corrected chi connectivity index (χ1v) is 15.4. The lowest BCUT2D eigenvalue weighted by Crippen LogP contribution is -2.41. The molecule has 3 heterocycles. The molecular weight excluding hydrogens is 533 g/mol. The van der Waals surface area contributed by atoms with Crippen molar-refractivity contribution in [1.29, 1.82) is 0 Å². The molecule has 0 spiro atoms. The minimum atomic E-state index is -0.572. The molecule has 0 radical (unpaired) electrons. The van der Waals surface area contributed by atoms with E-state index in [-0.39, 0.29) is 46.4 Å². The second-order valence-electron chi connectivity index (χ2n) is 12.6. The van der Waals surface area contributed by atoms with Crippen molar-refractivity contribution in [2.24, 2.45) is 11.8 Å². The summed E-state index contributed by atoms with van der Waals surface area (Å²) in [5, 5.41) is 5.30. The first kappa shape index (κ1) is 24.8. The maximum atomic E-state index is 14.7. The average molecular weight is 566 g/mol. The molecule has 6 fully saturated rings. The van der Waals surface area contributed by atoms with Crippen molar-refractivity contribution in [3.8, 4) is 0 Å². The van der Waals surface area contributed by atoms with Gasteiger partial charge in [-0.05, 0) is 75.8 Å². The van der Waals surface area contributed by atoms with Crippen LogP contribution < -0.4 is 4.90 Å². The van der Waals surface area contributed by atoms with Crippen LogP contribution in [0.4, 0.5) is 9.52 Å². The van der Waals surface area contributed by atoms with Crippen molar-refractivity contribution in [3.63, 3.8) is 0 Å². The second-order valence-corrected chi connectivity index (χ2v) is 13.6. The largest absolute Gasteiger partial charge is 0.465 e. The maximum absolute atomic E-state index is 14.7. The molecule has 0 N–H and O–H groups in total. The Labute approximate surface area is 235 Å². The Bertz CT molecular complexity index is 1510. The summed E-state index contributed by atoms with van der Waals surface area (Å²) < 4.78 is 32.3. The Morgan fingerprint density at radius 3 is 2.55 bits per heavy atom. The van der Waals surface area contributed by atoms with Gasteiger partial charge in [0.25, 0.3) is 0 Å². The normalized spacial score (nSPS) is 30.8. The van der Waals surface area contributed by atoms with Crippen LogP contribution in [0.3, 0.4) is 0 Å². The van der Waals surface area contributed by atoms with Crippen LogP contribution >= 0.6 is 11.3 Å². The van der Waals surface area contributed by atoms with Gasteiger partial charge < -0.3 is 18.9 Å². The SMILES string of the molecule is COC(=O)c1cc(F)c2nc(N3C[C@@H]4C[C@H]3C[C@H]4OC(=O)c3c(C45CCC(CC4)CC5)noc3C3CC3)sc2c1. The minimum Gasteiger partial charge on any atom is -0.465 e. The lowest BCUT2D eigenvalue weighted by atomic mass is 9.59. The molecule has 210 valence electrons. The number of benzene rings is 1. The van der Waals surface area contributed by atoms with Crippen LogP contribution in [0.1, 0.15) is 102 Å². The number of hydrogen-bond acceptors (Lipinski definition) is 9. The molecule has 8 nitrogen and oxygen atoms in total. The number of methoxy groups -OCH3 is 1. The third kappa shape index (κ3) is 3.81. The summed E-state index contributed by atoms with van der Waals surface area (Å²) in [6.07, 6.45) is 10.4. The van der Waals surface area contributed by atoms with Crippen molar-refractivity contribution < 1.29 is 28.0 Å². The number of hydrogen-bond donors (Lipinski definition) is 0. The number of thiazole rings is 1. The Morgan fingerprint density at radius 1 is 1.10 bits per heavy atom. The summed E-state index contributed by atoms with van der Waals surface area (Å²) in [4.78, 5) is 32.5. The van der Waals surface area contributed by atoms with Gasteiger partial charge in [0.15, 0.2) is 16.7 Å². The molecule has 3 aromatic rings. The zero-order chi connectivity index (χ0) is 27.2. The Hall–Kier alpha value is -3.01. The highest BCUT2D eigenvalue weighted by molar-refractivity contribution is 7.22. The minimum absolute atomic E-state index is 0.0406. The predicted molar refractivity (Wildman–Crippen MR) is 145 cm³/mol.